The lowest BCUT2D eigenvalue weighted by molar-refractivity contribution is 0.254. The van der Waals surface area contributed by atoms with Gasteiger partial charge in [0, 0.05) is 37.4 Å². The minimum atomic E-state index is -0.225. The third kappa shape index (κ3) is 3.99. The third-order valence-electron chi connectivity index (χ3n) is 2.62. The largest absolute Gasteiger partial charge is 0.381 e. The van der Waals surface area contributed by atoms with Crippen LogP contribution in [0.2, 0.25) is 0 Å². The first kappa shape index (κ1) is 12.9. The van der Waals surface area contributed by atoms with Crippen LogP contribution in [0.1, 0.15) is 5.56 Å². The Bertz CT molecular complexity index is 525. The molecule has 1 aromatic carbocycles. The molecular formula is C14H16N4O. The van der Waals surface area contributed by atoms with Gasteiger partial charge >= 0.3 is 6.03 Å². The first-order chi connectivity index (χ1) is 9.28. The van der Waals surface area contributed by atoms with E-state index in [1.165, 1.54) is 5.56 Å². The van der Waals surface area contributed by atoms with E-state index in [9.17, 15) is 4.79 Å². The highest BCUT2D eigenvalue weighted by molar-refractivity contribution is 5.89. The number of anilines is 2. The van der Waals surface area contributed by atoms with E-state index in [2.05, 4.69) is 20.9 Å². The van der Waals surface area contributed by atoms with Crippen LogP contribution < -0.4 is 16.0 Å². The number of rotatable bonds is 4. The predicted molar refractivity (Wildman–Crippen MR) is 76.1 cm³/mol. The number of hydrogen-bond donors (Lipinski definition) is 3. The van der Waals surface area contributed by atoms with Crippen LogP contribution in [-0.4, -0.2) is 18.1 Å². The Kier molecular flexibility index (Phi) is 4.34. The molecule has 3 N–H and O–H groups in total. The summed E-state index contributed by atoms with van der Waals surface area (Å²) in [5.74, 6) is 0. The second-order valence-corrected chi connectivity index (χ2v) is 3.99. The molecule has 2 aromatic rings. The second-order valence-electron chi connectivity index (χ2n) is 3.99. The molecule has 1 heterocycles. The van der Waals surface area contributed by atoms with Gasteiger partial charge in [0.15, 0.2) is 0 Å². The molecule has 2 amide bonds. The van der Waals surface area contributed by atoms with Crippen molar-refractivity contribution in [3.05, 3.63) is 54.4 Å². The summed E-state index contributed by atoms with van der Waals surface area (Å²) in [5, 5.41) is 8.51. The van der Waals surface area contributed by atoms with Gasteiger partial charge in [0.2, 0.25) is 0 Å². The minimum Gasteiger partial charge on any atom is -0.381 e. The van der Waals surface area contributed by atoms with Crippen molar-refractivity contribution >= 4 is 17.4 Å². The molecule has 0 saturated carbocycles. The lowest BCUT2D eigenvalue weighted by atomic mass is 10.2. The molecule has 0 bridgehead atoms. The molecule has 0 radical (unpaired) electrons. The third-order valence-corrected chi connectivity index (χ3v) is 2.62. The predicted octanol–water partition coefficient (Wildman–Crippen LogP) is 2.45. The average Bonchev–Trinajstić information content (AvgIpc) is 2.47. The highest BCUT2D eigenvalue weighted by Crippen LogP contribution is 2.14. The van der Waals surface area contributed by atoms with Crippen LogP contribution in [0.5, 0.6) is 0 Å². The molecule has 2 rings (SSSR count). The van der Waals surface area contributed by atoms with Crippen LogP contribution in [0.3, 0.4) is 0 Å². The Labute approximate surface area is 112 Å². The van der Waals surface area contributed by atoms with Gasteiger partial charge in [-0.3, -0.25) is 4.98 Å². The summed E-state index contributed by atoms with van der Waals surface area (Å²) in [7, 11) is 1.58. The lowest BCUT2D eigenvalue weighted by Gasteiger charge is -2.08. The van der Waals surface area contributed by atoms with E-state index in [1.54, 1.807) is 19.4 Å². The number of nitrogens with zero attached hydrogens (tertiary/aromatic N) is 1. The van der Waals surface area contributed by atoms with Crippen molar-refractivity contribution in [2.45, 2.75) is 6.54 Å². The summed E-state index contributed by atoms with van der Waals surface area (Å²) >= 11 is 0. The van der Waals surface area contributed by atoms with Crippen LogP contribution in [0.25, 0.3) is 0 Å². The summed E-state index contributed by atoms with van der Waals surface area (Å²) in [6, 6.07) is 11.3. The van der Waals surface area contributed by atoms with Crippen molar-refractivity contribution in [3.8, 4) is 0 Å². The maximum absolute atomic E-state index is 11.1. The molecule has 0 spiro atoms. The molecule has 98 valence electrons. The van der Waals surface area contributed by atoms with Crippen LogP contribution in [0.15, 0.2) is 48.8 Å². The fraction of sp³-hybridized carbons (Fsp3) is 0.143. The molecule has 0 unspecified atom stereocenters. The smallest absolute Gasteiger partial charge is 0.318 e. The second kappa shape index (κ2) is 6.39. The maximum atomic E-state index is 11.1. The molecule has 5 heteroatoms. The zero-order chi connectivity index (χ0) is 13.5. The minimum absolute atomic E-state index is 0.225. The highest BCUT2D eigenvalue weighted by atomic mass is 16.2. The molecule has 0 fully saturated rings. The van der Waals surface area contributed by atoms with Crippen molar-refractivity contribution in [3.63, 3.8) is 0 Å². The number of carbonyl (C=O) groups excluding carboxylic acids is 1. The number of amides is 2. The number of carbonyl (C=O) groups is 1. The molecule has 0 aliphatic carbocycles. The quantitative estimate of drug-likeness (QED) is 0.787. The van der Waals surface area contributed by atoms with Gasteiger partial charge in [-0.15, -0.1) is 0 Å². The van der Waals surface area contributed by atoms with Crippen molar-refractivity contribution in [1.29, 1.82) is 0 Å². The molecule has 5 nitrogen and oxygen atoms in total. The van der Waals surface area contributed by atoms with Gasteiger partial charge in [0.1, 0.15) is 0 Å². The fourth-order valence-corrected chi connectivity index (χ4v) is 1.57. The molecular weight excluding hydrogens is 240 g/mol. The molecule has 0 atom stereocenters. The van der Waals surface area contributed by atoms with Crippen molar-refractivity contribution < 1.29 is 4.79 Å². The number of pyridine rings is 1. The summed E-state index contributed by atoms with van der Waals surface area (Å²) in [6.45, 7) is 0.741. The van der Waals surface area contributed by atoms with E-state index in [4.69, 9.17) is 0 Å². The van der Waals surface area contributed by atoms with E-state index < -0.39 is 0 Å². The number of benzene rings is 1. The normalized spacial score (nSPS) is 9.74. The van der Waals surface area contributed by atoms with Crippen LogP contribution in [-0.2, 0) is 6.54 Å². The van der Waals surface area contributed by atoms with E-state index in [0.717, 1.165) is 17.9 Å². The zero-order valence-corrected chi connectivity index (χ0v) is 10.7. The Hall–Kier alpha value is -2.56. The Morgan fingerprint density at radius 1 is 1.05 bits per heavy atom. The fourth-order valence-electron chi connectivity index (χ4n) is 1.57. The summed E-state index contributed by atoms with van der Waals surface area (Å²) < 4.78 is 0. The molecule has 1 aromatic heterocycles. The number of urea groups is 1. The van der Waals surface area contributed by atoms with E-state index in [-0.39, 0.29) is 6.03 Å². The van der Waals surface area contributed by atoms with Gasteiger partial charge in [0.25, 0.3) is 0 Å². The molecule has 19 heavy (non-hydrogen) atoms. The topological polar surface area (TPSA) is 66.1 Å². The van der Waals surface area contributed by atoms with Gasteiger partial charge in [-0.05, 0) is 42.0 Å². The van der Waals surface area contributed by atoms with Crippen molar-refractivity contribution in [2.75, 3.05) is 17.7 Å². The Balaban J connectivity index is 1.90. The standard InChI is InChI=1S/C14H16N4O/c1-15-14(19)18-13-4-2-12(3-5-13)17-10-11-6-8-16-9-7-11/h2-9,17H,10H2,1H3,(H2,15,18,19). The first-order valence-electron chi connectivity index (χ1n) is 5.99. The van der Waals surface area contributed by atoms with Crippen LogP contribution in [0.4, 0.5) is 16.2 Å². The summed E-state index contributed by atoms with van der Waals surface area (Å²) in [6.07, 6.45) is 3.54. The van der Waals surface area contributed by atoms with E-state index in [1.807, 2.05) is 36.4 Å². The number of hydrogen-bond acceptors (Lipinski definition) is 3. The van der Waals surface area contributed by atoms with Gasteiger partial charge < -0.3 is 16.0 Å². The SMILES string of the molecule is CNC(=O)Nc1ccc(NCc2ccncc2)cc1. The Morgan fingerprint density at radius 2 is 1.68 bits per heavy atom. The zero-order valence-electron chi connectivity index (χ0n) is 10.7. The summed E-state index contributed by atoms with van der Waals surface area (Å²) in [4.78, 5) is 15.1. The molecule has 0 aliphatic rings. The van der Waals surface area contributed by atoms with Crippen molar-refractivity contribution in [1.82, 2.24) is 10.3 Å². The van der Waals surface area contributed by atoms with Gasteiger partial charge in [-0.1, -0.05) is 0 Å². The average molecular weight is 256 g/mol. The lowest BCUT2D eigenvalue weighted by Crippen LogP contribution is -2.24. The number of nitrogens with one attached hydrogen (secondary N) is 3. The van der Waals surface area contributed by atoms with Crippen LogP contribution in [0, 0.1) is 0 Å². The highest BCUT2D eigenvalue weighted by Gasteiger charge is 1.98. The molecule has 0 aliphatic heterocycles. The van der Waals surface area contributed by atoms with Gasteiger partial charge in [-0.25, -0.2) is 4.79 Å². The monoisotopic (exact) mass is 256 g/mol. The van der Waals surface area contributed by atoms with Gasteiger partial charge in [0.05, 0.1) is 0 Å². The number of aromatic nitrogens is 1. The van der Waals surface area contributed by atoms with Crippen molar-refractivity contribution in [2.24, 2.45) is 0 Å². The first-order valence-corrected chi connectivity index (χ1v) is 5.99. The van der Waals surface area contributed by atoms with Crippen LogP contribution >= 0.6 is 0 Å². The Morgan fingerprint density at radius 3 is 2.32 bits per heavy atom. The summed E-state index contributed by atoms with van der Waals surface area (Å²) in [5.41, 5.74) is 2.93. The molecule has 0 saturated heterocycles. The maximum Gasteiger partial charge on any atom is 0.318 e. The van der Waals surface area contributed by atoms with E-state index >= 15 is 0 Å². The van der Waals surface area contributed by atoms with Gasteiger partial charge in [-0.2, -0.15) is 0 Å². The van der Waals surface area contributed by atoms with E-state index in [0.29, 0.717) is 0 Å².